The highest BCUT2D eigenvalue weighted by molar-refractivity contribution is 7.89. The molecule has 0 amide bonds. The number of hydrogen-bond acceptors (Lipinski definition) is 4. The number of ether oxygens (including phenoxy) is 1. The minimum atomic E-state index is -3.90. The second kappa shape index (κ2) is 6.13. The van der Waals surface area contributed by atoms with Crippen LogP contribution in [0.1, 0.15) is 18.4 Å². The first kappa shape index (κ1) is 15.3. The monoisotopic (exact) mass is 318 g/mol. The van der Waals surface area contributed by atoms with Crippen molar-refractivity contribution in [2.45, 2.75) is 23.8 Å². The molecule has 3 N–H and O–H groups in total. The first-order valence-electron chi connectivity index (χ1n) is 6.10. The van der Waals surface area contributed by atoms with Crippen LogP contribution in [0.3, 0.4) is 0 Å². The molecule has 1 aliphatic heterocycles. The van der Waals surface area contributed by atoms with Crippen molar-refractivity contribution in [2.75, 3.05) is 13.2 Å². The van der Waals surface area contributed by atoms with E-state index in [0.717, 1.165) is 12.5 Å². The molecule has 0 radical (unpaired) electrons. The minimum Gasteiger partial charge on any atom is -0.389 e. The molecule has 0 spiro atoms. The summed E-state index contributed by atoms with van der Waals surface area (Å²) in [6.07, 6.45) is 1.45. The van der Waals surface area contributed by atoms with E-state index >= 15 is 0 Å². The van der Waals surface area contributed by atoms with Crippen LogP contribution in [0.25, 0.3) is 0 Å². The van der Waals surface area contributed by atoms with Crippen LogP contribution in [0.5, 0.6) is 0 Å². The molecule has 20 heavy (non-hydrogen) atoms. The van der Waals surface area contributed by atoms with Crippen LogP contribution >= 0.6 is 12.2 Å². The van der Waals surface area contributed by atoms with E-state index < -0.39 is 15.8 Å². The van der Waals surface area contributed by atoms with Crippen molar-refractivity contribution < 1.29 is 17.5 Å². The van der Waals surface area contributed by atoms with E-state index in [0.29, 0.717) is 19.6 Å². The van der Waals surface area contributed by atoms with E-state index in [1.165, 1.54) is 12.1 Å². The number of nitrogens with two attached hydrogens (primary N) is 1. The molecular weight excluding hydrogens is 303 g/mol. The number of halogens is 1. The first-order chi connectivity index (χ1) is 9.42. The van der Waals surface area contributed by atoms with Crippen molar-refractivity contribution in [1.82, 2.24) is 4.72 Å². The van der Waals surface area contributed by atoms with E-state index in [-0.39, 0.29) is 21.5 Å². The number of rotatable bonds is 4. The van der Waals surface area contributed by atoms with Gasteiger partial charge in [-0.25, -0.2) is 17.5 Å². The van der Waals surface area contributed by atoms with Crippen LogP contribution in [-0.4, -0.2) is 32.7 Å². The van der Waals surface area contributed by atoms with Crippen LogP contribution in [0.15, 0.2) is 23.1 Å². The fourth-order valence-electron chi connectivity index (χ4n) is 2.08. The highest BCUT2D eigenvalue weighted by atomic mass is 32.2. The maximum absolute atomic E-state index is 13.7. The summed E-state index contributed by atoms with van der Waals surface area (Å²) < 4.78 is 46.1. The number of hydrogen-bond donors (Lipinski definition) is 2. The normalized spacial score (nSPS) is 19.8. The van der Waals surface area contributed by atoms with Gasteiger partial charge in [0.2, 0.25) is 10.0 Å². The van der Waals surface area contributed by atoms with Gasteiger partial charge in [0.25, 0.3) is 0 Å². The number of benzene rings is 1. The van der Waals surface area contributed by atoms with Crippen molar-refractivity contribution in [2.24, 2.45) is 5.73 Å². The summed E-state index contributed by atoms with van der Waals surface area (Å²) in [6, 6.07) is 3.39. The van der Waals surface area contributed by atoms with Crippen LogP contribution < -0.4 is 10.5 Å². The van der Waals surface area contributed by atoms with Crippen LogP contribution in [0.4, 0.5) is 4.39 Å². The SMILES string of the molecule is NC(=S)c1c(F)cccc1S(=O)(=O)NC1CCCOC1. The minimum absolute atomic E-state index is 0.240. The summed E-state index contributed by atoms with van der Waals surface area (Å²) in [4.78, 5) is -0.529. The van der Waals surface area contributed by atoms with Crippen molar-refractivity contribution in [3.8, 4) is 0 Å². The molecule has 1 aliphatic rings. The van der Waals surface area contributed by atoms with Gasteiger partial charge in [-0.3, -0.25) is 0 Å². The van der Waals surface area contributed by atoms with Gasteiger partial charge in [0.15, 0.2) is 0 Å². The van der Waals surface area contributed by atoms with E-state index in [1.807, 2.05) is 0 Å². The molecule has 110 valence electrons. The predicted octanol–water partition coefficient (Wildman–Crippen LogP) is 0.917. The zero-order valence-corrected chi connectivity index (χ0v) is 12.3. The van der Waals surface area contributed by atoms with Crippen LogP contribution in [-0.2, 0) is 14.8 Å². The number of sulfonamides is 1. The zero-order valence-electron chi connectivity index (χ0n) is 10.6. The molecule has 0 saturated carbocycles. The first-order valence-corrected chi connectivity index (χ1v) is 7.99. The highest BCUT2D eigenvalue weighted by Gasteiger charge is 2.26. The number of nitrogens with one attached hydrogen (secondary N) is 1. The Balaban J connectivity index is 2.34. The Kier molecular flexibility index (Phi) is 4.69. The van der Waals surface area contributed by atoms with Crippen molar-refractivity contribution in [3.63, 3.8) is 0 Å². The highest BCUT2D eigenvalue weighted by Crippen LogP contribution is 2.20. The van der Waals surface area contributed by atoms with Gasteiger partial charge in [0.05, 0.1) is 17.1 Å². The third kappa shape index (κ3) is 3.32. The summed E-state index contributed by atoms with van der Waals surface area (Å²) in [7, 11) is -3.90. The van der Waals surface area contributed by atoms with Crippen molar-refractivity contribution in [3.05, 3.63) is 29.6 Å². The lowest BCUT2D eigenvalue weighted by Gasteiger charge is -2.23. The third-order valence-corrected chi connectivity index (χ3v) is 4.76. The smallest absolute Gasteiger partial charge is 0.241 e. The molecule has 8 heteroatoms. The Labute approximate surface area is 122 Å². The molecule has 1 unspecified atom stereocenters. The largest absolute Gasteiger partial charge is 0.389 e. The lowest BCUT2D eigenvalue weighted by molar-refractivity contribution is 0.0774. The quantitative estimate of drug-likeness (QED) is 0.807. The van der Waals surface area contributed by atoms with Crippen LogP contribution in [0, 0.1) is 5.82 Å². The van der Waals surface area contributed by atoms with Gasteiger partial charge in [-0.15, -0.1) is 0 Å². The van der Waals surface area contributed by atoms with Gasteiger partial charge in [0.1, 0.15) is 10.8 Å². The standard InChI is InChI=1S/C12H15FN2O3S2/c13-9-4-1-5-10(11(9)12(14)19)20(16,17)15-8-3-2-6-18-7-8/h1,4-5,8,15H,2-3,6-7H2,(H2,14,19). The fraction of sp³-hybridized carbons (Fsp3) is 0.417. The maximum atomic E-state index is 13.7. The van der Waals surface area contributed by atoms with Crippen molar-refractivity contribution >= 4 is 27.2 Å². The van der Waals surface area contributed by atoms with Gasteiger partial charge < -0.3 is 10.5 Å². The van der Waals surface area contributed by atoms with Gasteiger partial charge in [-0.1, -0.05) is 18.3 Å². The van der Waals surface area contributed by atoms with Gasteiger partial charge >= 0.3 is 0 Å². The van der Waals surface area contributed by atoms with Crippen molar-refractivity contribution in [1.29, 1.82) is 0 Å². The molecule has 1 atom stereocenters. The fourth-order valence-corrected chi connectivity index (χ4v) is 3.84. The average Bonchev–Trinajstić information content (AvgIpc) is 2.38. The summed E-state index contributed by atoms with van der Waals surface area (Å²) in [5.41, 5.74) is 5.16. The van der Waals surface area contributed by atoms with Crippen LogP contribution in [0.2, 0.25) is 0 Å². The molecule has 1 aromatic rings. The Morgan fingerprint density at radius 2 is 2.25 bits per heavy atom. The average molecular weight is 318 g/mol. The zero-order chi connectivity index (χ0) is 14.8. The molecule has 5 nitrogen and oxygen atoms in total. The molecule has 0 bridgehead atoms. The molecule has 1 saturated heterocycles. The molecule has 0 aliphatic carbocycles. The molecule has 1 fully saturated rings. The van der Waals surface area contributed by atoms with Gasteiger partial charge in [0, 0.05) is 12.6 Å². The maximum Gasteiger partial charge on any atom is 0.241 e. The molecular formula is C12H15FN2O3S2. The Morgan fingerprint density at radius 1 is 1.50 bits per heavy atom. The Bertz CT molecular complexity index is 613. The summed E-state index contributed by atoms with van der Waals surface area (Å²) in [6.45, 7) is 0.924. The summed E-state index contributed by atoms with van der Waals surface area (Å²) in [5, 5.41) is 0. The van der Waals surface area contributed by atoms with E-state index in [2.05, 4.69) is 4.72 Å². The lowest BCUT2D eigenvalue weighted by Crippen LogP contribution is -2.41. The van der Waals surface area contributed by atoms with E-state index in [9.17, 15) is 12.8 Å². The topological polar surface area (TPSA) is 81.4 Å². The Morgan fingerprint density at radius 3 is 2.85 bits per heavy atom. The predicted molar refractivity (Wildman–Crippen MR) is 76.4 cm³/mol. The number of thiocarbonyl (C=S) groups is 1. The van der Waals surface area contributed by atoms with Gasteiger partial charge in [-0.2, -0.15) is 0 Å². The Hall–Kier alpha value is -1.09. The second-order valence-corrected chi connectivity index (χ2v) is 6.63. The molecule has 2 rings (SSSR count). The van der Waals surface area contributed by atoms with Gasteiger partial charge in [-0.05, 0) is 25.0 Å². The molecule has 1 heterocycles. The van der Waals surface area contributed by atoms with E-state index in [1.54, 1.807) is 0 Å². The third-order valence-electron chi connectivity index (χ3n) is 2.99. The second-order valence-electron chi connectivity index (χ2n) is 4.51. The summed E-state index contributed by atoms with van der Waals surface area (Å²) >= 11 is 4.73. The molecule has 0 aromatic heterocycles. The lowest BCUT2D eigenvalue weighted by atomic mass is 10.1. The molecule has 1 aromatic carbocycles. The van der Waals surface area contributed by atoms with E-state index in [4.69, 9.17) is 22.7 Å². The summed E-state index contributed by atoms with van der Waals surface area (Å²) in [5.74, 6) is -0.750.